The largest absolute Gasteiger partial charge is 0.381 e. The predicted molar refractivity (Wildman–Crippen MR) is 109 cm³/mol. The van der Waals surface area contributed by atoms with Gasteiger partial charge in [-0.15, -0.1) is 11.3 Å². The molecule has 0 unspecified atom stereocenters. The summed E-state index contributed by atoms with van der Waals surface area (Å²) in [7, 11) is 0. The SMILES string of the molecule is Cc1cc(-c2ccnc(N)n2)ccc1CN=C(N)c1nc2c(s1)CNCC2. The van der Waals surface area contributed by atoms with Crippen LogP contribution in [-0.4, -0.2) is 27.3 Å². The molecule has 5 N–H and O–H groups in total. The van der Waals surface area contributed by atoms with Crippen molar-refractivity contribution in [1.29, 1.82) is 0 Å². The van der Waals surface area contributed by atoms with Crippen molar-refractivity contribution in [3.8, 4) is 11.3 Å². The Balaban J connectivity index is 1.52. The molecule has 3 aromatic rings. The Morgan fingerprint density at radius 2 is 2.19 bits per heavy atom. The van der Waals surface area contributed by atoms with Crippen LogP contribution in [0.15, 0.2) is 35.5 Å². The standard InChI is InChI=1S/C19H21N7S/c1-11-8-12(14-5-7-23-19(21)26-14)2-3-13(11)9-24-17(20)18-25-15-4-6-22-10-16(15)27-18/h2-3,5,7-8,22H,4,6,9-10H2,1H3,(H2,20,24)(H2,21,23,26). The number of thiazole rings is 1. The molecular formula is C19H21N7S. The fourth-order valence-electron chi connectivity index (χ4n) is 3.04. The number of aliphatic imine (C=N–C) groups is 1. The van der Waals surface area contributed by atoms with Crippen LogP contribution in [0.5, 0.6) is 0 Å². The molecule has 2 aromatic heterocycles. The molecule has 1 aliphatic heterocycles. The van der Waals surface area contributed by atoms with E-state index in [1.54, 1.807) is 17.5 Å². The Kier molecular flexibility index (Phi) is 4.83. The Labute approximate surface area is 161 Å². The van der Waals surface area contributed by atoms with Crippen LogP contribution in [0.2, 0.25) is 0 Å². The number of hydrogen-bond acceptors (Lipinski definition) is 7. The van der Waals surface area contributed by atoms with Crippen molar-refractivity contribution in [2.75, 3.05) is 12.3 Å². The topological polar surface area (TPSA) is 115 Å². The number of nitrogens with one attached hydrogen (secondary N) is 1. The lowest BCUT2D eigenvalue weighted by Gasteiger charge is -2.09. The third kappa shape index (κ3) is 3.81. The molecule has 0 atom stereocenters. The number of nitrogen functional groups attached to an aromatic ring is 1. The number of aromatic nitrogens is 3. The van der Waals surface area contributed by atoms with Crippen LogP contribution < -0.4 is 16.8 Å². The predicted octanol–water partition coefficient (Wildman–Crippen LogP) is 2.04. The van der Waals surface area contributed by atoms with Gasteiger partial charge >= 0.3 is 0 Å². The maximum Gasteiger partial charge on any atom is 0.220 e. The number of hydrogen-bond donors (Lipinski definition) is 3. The molecule has 7 nitrogen and oxygen atoms in total. The molecule has 0 amide bonds. The van der Waals surface area contributed by atoms with Crippen molar-refractivity contribution in [3.63, 3.8) is 0 Å². The first-order valence-electron chi connectivity index (χ1n) is 8.78. The fourth-order valence-corrected chi connectivity index (χ4v) is 4.04. The minimum Gasteiger partial charge on any atom is -0.381 e. The summed E-state index contributed by atoms with van der Waals surface area (Å²) in [6.07, 6.45) is 2.61. The van der Waals surface area contributed by atoms with Crippen LogP contribution in [0.3, 0.4) is 0 Å². The van der Waals surface area contributed by atoms with E-state index < -0.39 is 0 Å². The second-order valence-corrected chi connectivity index (χ2v) is 7.54. The highest BCUT2D eigenvalue weighted by Gasteiger charge is 2.16. The van der Waals surface area contributed by atoms with E-state index in [1.807, 2.05) is 12.1 Å². The molecule has 8 heteroatoms. The normalized spacial score (nSPS) is 14.2. The molecule has 1 aromatic carbocycles. The lowest BCUT2D eigenvalue weighted by atomic mass is 10.0. The van der Waals surface area contributed by atoms with E-state index in [0.717, 1.165) is 52.6 Å². The van der Waals surface area contributed by atoms with Crippen molar-refractivity contribution in [2.45, 2.75) is 26.4 Å². The molecule has 0 saturated carbocycles. The third-order valence-corrected chi connectivity index (χ3v) is 5.67. The Bertz CT molecular complexity index is 986. The summed E-state index contributed by atoms with van der Waals surface area (Å²) in [5, 5.41) is 4.17. The molecule has 0 spiro atoms. The molecule has 27 heavy (non-hydrogen) atoms. The van der Waals surface area contributed by atoms with Crippen molar-refractivity contribution < 1.29 is 0 Å². The summed E-state index contributed by atoms with van der Waals surface area (Å²) < 4.78 is 0. The average Bonchev–Trinajstić information content (AvgIpc) is 3.11. The van der Waals surface area contributed by atoms with E-state index in [1.165, 1.54) is 4.88 Å². The minimum atomic E-state index is 0.271. The van der Waals surface area contributed by atoms with Gasteiger partial charge in [-0.1, -0.05) is 12.1 Å². The zero-order valence-electron chi connectivity index (χ0n) is 15.1. The van der Waals surface area contributed by atoms with Crippen molar-refractivity contribution in [2.24, 2.45) is 10.7 Å². The Hall–Kier alpha value is -2.84. The molecule has 4 rings (SSSR count). The second-order valence-electron chi connectivity index (χ2n) is 6.46. The van der Waals surface area contributed by atoms with E-state index >= 15 is 0 Å². The quantitative estimate of drug-likeness (QED) is 0.472. The number of nitrogens with two attached hydrogens (primary N) is 2. The lowest BCUT2D eigenvalue weighted by Crippen LogP contribution is -2.22. The number of benzene rings is 1. The van der Waals surface area contributed by atoms with Gasteiger partial charge in [-0.25, -0.2) is 15.0 Å². The monoisotopic (exact) mass is 379 g/mol. The van der Waals surface area contributed by atoms with E-state index in [2.05, 4.69) is 44.3 Å². The Morgan fingerprint density at radius 3 is 2.96 bits per heavy atom. The lowest BCUT2D eigenvalue weighted by molar-refractivity contribution is 0.643. The summed E-state index contributed by atoms with van der Waals surface area (Å²) >= 11 is 1.63. The van der Waals surface area contributed by atoms with E-state index in [4.69, 9.17) is 11.5 Å². The van der Waals surface area contributed by atoms with Gasteiger partial charge in [-0.3, -0.25) is 4.99 Å². The van der Waals surface area contributed by atoms with Gasteiger partial charge in [0, 0.05) is 36.1 Å². The summed E-state index contributed by atoms with van der Waals surface area (Å²) in [6.45, 7) is 4.42. The summed E-state index contributed by atoms with van der Waals surface area (Å²) in [5.74, 6) is 0.773. The molecule has 3 heterocycles. The van der Waals surface area contributed by atoms with Gasteiger partial charge in [0.15, 0.2) is 10.8 Å². The van der Waals surface area contributed by atoms with E-state index in [9.17, 15) is 0 Å². The number of fused-ring (bicyclic) bond motifs is 1. The van der Waals surface area contributed by atoms with Crippen molar-refractivity contribution >= 4 is 23.1 Å². The van der Waals surface area contributed by atoms with Gasteiger partial charge in [0.2, 0.25) is 5.95 Å². The average molecular weight is 379 g/mol. The van der Waals surface area contributed by atoms with Crippen LogP contribution in [0.25, 0.3) is 11.3 Å². The molecule has 0 radical (unpaired) electrons. The van der Waals surface area contributed by atoms with Gasteiger partial charge < -0.3 is 16.8 Å². The van der Waals surface area contributed by atoms with Crippen LogP contribution in [-0.2, 0) is 19.5 Å². The van der Waals surface area contributed by atoms with Crippen molar-refractivity contribution in [1.82, 2.24) is 20.3 Å². The maximum absolute atomic E-state index is 6.19. The van der Waals surface area contributed by atoms with Gasteiger partial charge in [0.25, 0.3) is 0 Å². The number of nitrogens with zero attached hydrogens (tertiary/aromatic N) is 4. The molecule has 0 fully saturated rings. The summed E-state index contributed by atoms with van der Waals surface area (Å²) in [6, 6.07) is 8.00. The number of anilines is 1. The first-order chi connectivity index (χ1) is 13.1. The maximum atomic E-state index is 6.19. The summed E-state index contributed by atoms with van der Waals surface area (Å²) in [5.41, 5.74) is 17.1. The summed E-state index contributed by atoms with van der Waals surface area (Å²) in [4.78, 5) is 18.7. The second kappa shape index (κ2) is 7.42. The zero-order chi connectivity index (χ0) is 18.8. The van der Waals surface area contributed by atoms with Gasteiger partial charge in [-0.05, 0) is 30.2 Å². The number of aryl methyl sites for hydroxylation is 1. The third-order valence-electron chi connectivity index (χ3n) is 4.55. The smallest absolute Gasteiger partial charge is 0.220 e. The molecule has 138 valence electrons. The van der Waals surface area contributed by atoms with Gasteiger partial charge in [-0.2, -0.15) is 0 Å². The van der Waals surface area contributed by atoms with E-state index in [0.29, 0.717) is 12.4 Å². The number of amidine groups is 1. The number of rotatable bonds is 4. The van der Waals surface area contributed by atoms with Crippen LogP contribution in [0, 0.1) is 6.92 Å². The fraction of sp³-hybridized carbons (Fsp3) is 0.263. The molecule has 0 aliphatic carbocycles. The van der Waals surface area contributed by atoms with Crippen molar-refractivity contribution in [3.05, 3.63) is 57.2 Å². The molecule has 1 aliphatic rings. The van der Waals surface area contributed by atoms with Crippen LogP contribution in [0.1, 0.15) is 26.7 Å². The highest BCUT2D eigenvalue weighted by molar-refractivity contribution is 7.13. The first-order valence-corrected chi connectivity index (χ1v) is 9.60. The van der Waals surface area contributed by atoms with E-state index in [-0.39, 0.29) is 5.95 Å². The zero-order valence-corrected chi connectivity index (χ0v) is 15.9. The van der Waals surface area contributed by atoms with Gasteiger partial charge in [0.1, 0.15) is 0 Å². The van der Waals surface area contributed by atoms with Gasteiger partial charge in [0.05, 0.1) is 17.9 Å². The minimum absolute atomic E-state index is 0.271. The highest BCUT2D eigenvalue weighted by Crippen LogP contribution is 2.23. The van der Waals surface area contributed by atoms with Crippen LogP contribution in [0.4, 0.5) is 5.95 Å². The first kappa shape index (κ1) is 17.6. The highest BCUT2D eigenvalue weighted by atomic mass is 32.1. The molecule has 0 bridgehead atoms. The Morgan fingerprint density at radius 1 is 1.30 bits per heavy atom. The molecular weight excluding hydrogens is 358 g/mol. The van der Waals surface area contributed by atoms with Crippen LogP contribution >= 0.6 is 11.3 Å². The molecule has 0 saturated heterocycles.